The minimum Gasteiger partial charge on any atom is -0.336 e. The number of nitrogens with zero attached hydrogens (tertiary/aromatic N) is 4. The first-order valence-electron chi connectivity index (χ1n) is 12.6. The fourth-order valence-corrected chi connectivity index (χ4v) is 4.66. The molecule has 1 aliphatic rings. The van der Waals surface area contributed by atoms with Gasteiger partial charge in [0.15, 0.2) is 0 Å². The molecule has 1 saturated heterocycles. The number of nitrogens with one attached hydrogen (secondary N) is 1. The number of rotatable bonds is 6. The normalized spacial score (nSPS) is 13.6. The van der Waals surface area contributed by atoms with Crippen LogP contribution in [0.5, 0.6) is 0 Å². The zero-order valence-corrected chi connectivity index (χ0v) is 21.2. The van der Waals surface area contributed by atoms with Gasteiger partial charge in [-0.15, -0.1) is 0 Å². The summed E-state index contributed by atoms with van der Waals surface area (Å²) in [5, 5.41) is 18.8. The lowest BCUT2D eigenvalue weighted by Gasteiger charge is -2.34. The lowest BCUT2D eigenvalue weighted by atomic mass is 10.0. The van der Waals surface area contributed by atoms with Gasteiger partial charge in [0.05, 0.1) is 21.6 Å². The van der Waals surface area contributed by atoms with Gasteiger partial charge in [0.1, 0.15) is 5.82 Å². The van der Waals surface area contributed by atoms with E-state index in [1.807, 2.05) is 0 Å². The molecule has 0 radical (unpaired) electrons. The van der Waals surface area contributed by atoms with E-state index < -0.39 is 16.6 Å². The number of fused-ring (bicyclic) bond motifs is 1. The highest BCUT2D eigenvalue weighted by Gasteiger charge is 2.26. The maximum atomic E-state index is 14.7. The second-order valence-corrected chi connectivity index (χ2v) is 9.34. The molecule has 0 unspecified atom stereocenters. The van der Waals surface area contributed by atoms with Gasteiger partial charge >= 0.3 is 0 Å². The van der Waals surface area contributed by atoms with E-state index in [0.29, 0.717) is 27.6 Å². The molecule has 1 N–H and O–H groups in total. The molecule has 1 fully saturated rings. The molecule has 10 nitrogen and oxygen atoms in total. The van der Waals surface area contributed by atoms with Crippen molar-refractivity contribution in [1.29, 1.82) is 0 Å². The number of aromatic amines is 1. The summed E-state index contributed by atoms with van der Waals surface area (Å²) in [6.45, 7) is 0.979. The maximum absolute atomic E-state index is 14.7. The molecule has 2 heterocycles. The van der Waals surface area contributed by atoms with Crippen LogP contribution in [0.4, 0.5) is 10.1 Å². The van der Waals surface area contributed by atoms with Gasteiger partial charge in [0, 0.05) is 56.2 Å². The average molecular weight is 542 g/mol. The molecule has 1 aromatic heterocycles. The minimum absolute atomic E-state index is 0.0682. The van der Waals surface area contributed by atoms with Crippen LogP contribution in [0.15, 0.2) is 77.6 Å². The van der Waals surface area contributed by atoms with Gasteiger partial charge in [0.2, 0.25) is 5.91 Å². The van der Waals surface area contributed by atoms with Gasteiger partial charge in [-0.25, -0.2) is 9.49 Å². The standard InChI is InChI=1S/C29H24FN5O5/c30-25-10-8-20(18-26-22-6-1-2-7-23(22)28(37)32-31-26)17-24(25)29(38)34-14-12-33(13-15-34)27(36)11-9-19-4-3-5-21(16-19)35(39)40/h1-11,16-17H,12-15,18H2,(H,32,37)/b11-9+. The topological polar surface area (TPSA) is 130 Å². The second kappa shape index (κ2) is 11.3. The monoisotopic (exact) mass is 541 g/mol. The number of amides is 2. The maximum Gasteiger partial charge on any atom is 0.272 e. The molecule has 4 aromatic rings. The van der Waals surface area contributed by atoms with E-state index in [4.69, 9.17) is 0 Å². The van der Waals surface area contributed by atoms with Crippen LogP contribution in [0, 0.1) is 15.9 Å². The Labute approximate surface area is 227 Å². The van der Waals surface area contributed by atoms with Crippen molar-refractivity contribution in [3.8, 4) is 0 Å². The fraction of sp³-hybridized carbons (Fsp3) is 0.172. The summed E-state index contributed by atoms with van der Waals surface area (Å²) in [4.78, 5) is 51.4. The lowest BCUT2D eigenvalue weighted by Crippen LogP contribution is -2.50. The Kier molecular flexibility index (Phi) is 7.45. The third kappa shape index (κ3) is 5.63. The number of nitro groups is 1. The molecule has 11 heteroatoms. The highest BCUT2D eigenvalue weighted by Crippen LogP contribution is 2.20. The van der Waals surface area contributed by atoms with E-state index >= 15 is 0 Å². The lowest BCUT2D eigenvalue weighted by molar-refractivity contribution is -0.384. The number of piperazine rings is 1. The first-order valence-corrected chi connectivity index (χ1v) is 12.6. The summed E-state index contributed by atoms with van der Waals surface area (Å²) in [6.07, 6.45) is 3.14. The molecule has 2 amide bonds. The largest absolute Gasteiger partial charge is 0.336 e. The zero-order chi connectivity index (χ0) is 28.2. The second-order valence-electron chi connectivity index (χ2n) is 9.34. The van der Waals surface area contributed by atoms with Gasteiger partial charge < -0.3 is 9.80 Å². The fourth-order valence-electron chi connectivity index (χ4n) is 4.66. The third-order valence-electron chi connectivity index (χ3n) is 6.79. The van der Waals surface area contributed by atoms with Crippen LogP contribution in [0.1, 0.15) is 27.2 Å². The molecular formula is C29H24FN5O5. The molecule has 0 spiro atoms. The Bertz CT molecular complexity index is 1710. The summed E-state index contributed by atoms with van der Waals surface area (Å²) in [6, 6.07) is 17.3. The van der Waals surface area contributed by atoms with Crippen molar-refractivity contribution < 1.29 is 18.9 Å². The number of aromatic nitrogens is 2. The molecule has 0 aliphatic carbocycles. The van der Waals surface area contributed by atoms with Crippen molar-refractivity contribution in [2.45, 2.75) is 6.42 Å². The van der Waals surface area contributed by atoms with Crippen LogP contribution in [-0.2, 0) is 11.2 Å². The molecule has 202 valence electrons. The summed E-state index contributed by atoms with van der Waals surface area (Å²) < 4.78 is 14.7. The van der Waals surface area contributed by atoms with Crippen LogP contribution in [-0.4, -0.2) is 62.9 Å². The van der Waals surface area contributed by atoms with E-state index in [-0.39, 0.29) is 55.3 Å². The van der Waals surface area contributed by atoms with E-state index in [1.165, 1.54) is 41.3 Å². The highest BCUT2D eigenvalue weighted by atomic mass is 19.1. The number of carbonyl (C=O) groups is 2. The first kappa shape index (κ1) is 26.4. The van der Waals surface area contributed by atoms with E-state index in [9.17, 15) is 28.9 Å². The Morgan fingerprint density at radius 3 is 2.45 bits per heavy atom. The van der Waals surface area contributed by atoms with Gasteiger partial charge in [-0.05, 0) is 35.4 Å². The zero-order valence-electron chi connectivity index (χ0n) is 21.2. The van der Waals surface area contributed by atoms with Crippen LogP contribution in [0.3, 0.4) is 0 Å². The van der Waals surface area contributed by atoms with Crippen molar-refractivity contribution >= 4 is 34.4 Å². The van der Waals surface area contributed by atoms with Crippen LogP contribution in [0.25, 0.3) is 16.8 Å². The number of nitro benzene ring substituents is 1. The van der Waals surface area contributed by atoms with E-state index in [1.54, 1.807) is 47.4 Å². The Morgan fingerprint density at radius 1 is 0.975 bits per heavy atom. The molecule has 1 aliphatic heterocycles. The molecule has 0 bridgehead atoms. The van der Waals surface area contributed by atoms with Crippen molar-refractivity contribution in [3.63, 3.8) is 0 Å². The number of hydrogen-bond donors (Lipinski definition) is 1. The van der Waals surface area contributed by atoms with Gasteiger partial charge in [0.25, 0.3) is 17.2 Å². The third-order valence-corrected chi connectivity index (χ3v) is 6.79. The van der Waals surface area contributed by atoms with Crippen molar-refractivity contribution in [2.24, 2.45) is 0 Å². The quantitative estimate of drug-likeness (QED) is 0.226. The summed E-state index contributed by atoms with van der Waals surface area (Å²) in [7, 11) is 0. The molecule has 0 atom stereocenters. The van der Waals surface area contributed by atoms with Gasteiger partial charge in [-0.2, -0.15) is 5.10 Å². The number of hydrogen-bond acceptors (Lipinski definition) is 6. The van der Waals surface area contributed by atoms with Crippen LogP contribution in [0.2, 0.25) is 0 Å². The van der Waals surface area contributed by atoms with E-state index in [2.05, 4.69) is 10.2 Å². The van der Waals surface area contributed by atoms with Crippen molar-refractivity contribution in [2.75, 3.05) is 26.2 Å². The Morgan fingerprint density at radius 2 is 1.70 bits per heavy atom. The first-order chi connectivity index (χ1) is 19.3. The number of non-ortho nitro benzene ring substituents is 1. The smallest absolute Gasteiger partial charge is 0.272 e. The summed E-state index contributed by atoms with van der Waals surface area (Å²) in [5.74, 6) is -1.41. The van der Waals surface area contributed by atoms with Crippen molar-refractivity contribution in [3.05, 3.63) is 121 Å². The highest BCUT2D eigenvalue weighted by molar-refractivity contribution is 5.95. The average Bonchev–Trinajstić information content (AvgIpc) is 2.98. The summed E-state index contributed by atoms with van der Waals surface area (Å²) in [5.41, 5.74) is 1.35. The number of benzene rings is 3. The molecule has 5 rings (SSSR count). The van der Waals surface area contributed by atoms with Crippen molar-refractivity contribution in [1.82, 2.24) is 20.0 Å². The molecule has 40 heavy (non-hydrogen) atoms. The predicted molar refractivity (Wildman–Crippen MR) is 146 cm³/mol. The van der Waals surface area contributed by atoms with Crippen LogP contribution >= 0.6 is 0 Å². The summed E-state index contributed by atoms with van der Waals surface area (Å²) >= 11 is 0. The van der Waals surface area contributed by atoms with Gasteiger partial charge in [-0.3, -0.25) is 24.5 Å². The number of halogens is 1. The predicted octanol–water partition coefficient (Wildman–Crippen LogP) is 3.56. The number of H-pyrrole nitrogens is 1. The van der Waals surface area contributed by atoms with Gasteiger partial charge in [-0.1, -0.05) is 36.4 Å². The minimum atomic E-state index is -0.647. The number of carbonyl (C=O) groups excluding carboxylic acids is 2. The molecule has 0 saturated carbocycles. The van der Waals surface area contributed by atoms with E-state index in [0.717, 1.165) is 0 Å². The molecular weight excluding hydrogens is 517 g/mol. The molecule has 3 aromatic carbocycles. The Hall–Kier alpha value is -5.19. The van der Waals surface area contributed by atoms with Crippen LogP contribution < -0.4 is 5.56 Å². The Balaban J connectivity index is 1.24. The SMILES string of the molecule is O=C(/C=C/c1cccc([N+](=O)[O-])c1)N1CCN(C(=O)c2cc(Cc3n[nH]c(=O)c4ccccc34)ccc2F)CC1.